The summed E-state index contributed by atoms with van der Waals surface area (Å²) in [7, 11) is -4.36. The fourth-order valence-electron chi connectivity index (χ4n) is 1.86. The molecule has 5 nitrogen and oxygen atoms in total. The summed E-state index contributed by atoms with van der Waals surface area (Å²) in [5.41, 5.74) is 5.20. The fourth-order valence-corrected chi connectivity index (χ4v) is 3.92. The molecule has 2 N–H and O–H groups in total. The van der Waals surface area contributed by atoms with E-state index in [1.807, 2.05) is 0 Å². The van der Waals surface area contributed by atoms with E-state index in [4.69, 9.17) is 18.0 Å². The number of nitrogens with two attached hydrogens (primary N) is 1. The molecule has 0 bridgehead atoms. The highest BCUT2D eigenvalue weighted by Gasteiger charge is 2.45. The number of pyridine rings is 1. The first kappa shape index (κ1) is 16.1. The summed E-state index contributed by atoms with van der Waals surface area (Å²) < 4.78 is 63.3. The van der Waals surface area contributed by atoms with Crippen molar-refractivity contribution in [3.63, 3.8) is 0 Å². The normalized spacial score (nSPS) is 16.2. The summed E-state index contributed by atoms with van der Waals surface area (Å²) >= 11 is 4.71. The third kappa shape index (κ3) is 3.69. The van der Waals surface area contributed by atoms with Crippen molar-refractivity contribution in [3.8, 4) is 0 Å². The van der Waals surface area contributed by atoms with Crippen molar-refractivity contribution in [2.24, 2.45) is 5.73 Å². The molecule has 0 spiro atoms. The summed E-state index contributed by atoms with van der Waals surface area (Å²) in [6.45, 7) is -1.54. The molecule has 1 aromatic heterocycles. The van der Waals surface area contributed by atoms with E-state index in [1.165, 1.54) is 12.3 Å². The first-order valence-corrected chi connectivity index (χ1v) is 7.81. The number of halogens is 3. The molecule has 10 heteroatoms. The number of aromatic nitrogens is 1. The molecule has 0 radical (unpaired) electrons. The van der Waals surface area contributed by atoms with Crippen molar-refractivity contribution >= 4 is 27.2 Å². The van der Waals surface area contributed by atoms with Gasteiger partial charge in [-0.3, -0.25) is 4.98 Å². The minimum Gasteiger partial charge on any atom is -0.388 e. The van der Waals surface area contributed by atoms with Gasteiger partial charge in [0.05, 0.1) is 0 Å². The molecule has 1 fully saturated rings. The van der Waals surface area contributed by atoms with Gasteiger partial charge >= 0.3 is 6.18 Å². The zero-order chi connectivity index (χ0) is 15.8. The van der Waals surface area contributed by atoms with Crippen molar-refractivity contribution in [2.45, 2.75) is 30.0 Å². The standard InChI is InChI=1S/C11H12F3N3O2S2/c12-11(13,14)6-17(7-3-4-7)21(18,19)8-2-1-5-16-9(8)10(15)20/h1-2,5,7H,3-4,6H2,(H2,15,20). The van der Waals surface area contributed by atoms with E-state index >= 15 is 0 Å². The van der Waals surface area contributed by atoms with Crippen LogP contribution in [0.15, 0.2) is 23.2 Å². The third-order valence-electron chi connectivity index (χ3n) is 2.88. The maximum absolute atomic E-state index is 12.6. The second-order valence-corrected chi connectivity index (χ2v) is 6.91. The topological polar surface area (TPSA) is 76.3 Å². The van der Waals surface area contributed by atoms with Gasteiger partial charge in [0.25, 0.3) is 0 Å². The SMILES string of the molecule is NC(=S)c1ncccc1S(=O)(=O)N(CC(F)(F)F)C1CC1. The fraction of sp³-hybridized carbons (Fsp3) is 0.455. The Kier molecular flexibility index (Phi) is 4.22. The van der Waals surface area contributed by atoms with Gasteiger partial charge < -0.3 is 5.73 Å². The molecule has 1 heterocycles. The average molecular weight is 339 g/mol. The van der Waals surface area contributed by atoms with E-state index < -0.39 is 33.7 Å². The highest BCUT2D eigenvalue weighted by atomic mass is 32.2. The van der Waals surface area contributed by atoms with Gasteiger partial charge in [-0.2, -0.15) is 17.5 Å². The lowest BCUT2D eigenvalue weighted by atomic mass is 10.3. The second-order valence-electron chi connectivity index (χ2n) is 4.61. The largest absolute Gasteiger partial charge is 0.402 e. The zero-order valence-electron chi connectivity index (χ0n) is 10.7. The molecular weight excluding hydrogens is 327 g/mol. The van der Waals surface area contributed by atoms with Crippen LogP contribution in [0, 0.1) is 0 Å². The van der Waals surface area contributed by atoms with Crippen LogP contribution in [-0.2, 0) is 10.0 Å². The van der Waals surface area contributed by atoms with Gasteiger partial charge in [-0.1, -0.05) is 12.2 Å². The minimum absolute atomic E-state index is 0.194. The van der Waals surface area contributed by atoms with Crippen LogP contribution in [0.3, 0.4) is 0 Å². The number of hydrogen-bond donors (Lipinski definition) is 1. The first-order valence-electron chi connectivity index (χ1n) is 5.96. The molecule has 1 aliphatic rings. The van der Waals surface area contributed by atoms with Crippen molar-refractivity contribution < 1.29 is 21.6 Å². The molecule has 0 amide bonds. The quantitative estimate of drug-likeness (QED) is 0.822. The highest BCUT2D eigenvalue weighted by Crippen LogP contribution is 2.35. The number of rotatable bonds is 5. The van der Waals surface area contributed by atoms with E-state index in [1.54, 1.807) is 0 Å². The highest BCUT2D eigenvalue weighted by molar-refractivity contribution is 7.89. The van der Waals surface area contributed by atoms with Gasteiger partial charge in [0, 0.05) is 12.2 Å². The molecule has 116 valence electrons. The molecule has 1 aromatic rings. The Morgan fingerprint density at radius 2 is 2.10 bits per heavy atom. The van der Waals surface area contributed by atoms with Crippen LogP contribution in [0.5, 0.6) is 0 Å². The molecule has 0 unspecified atom stereocenters. The van der Waals surface area contributed by atoms with Crippen LogP contribution in [0.25, 0.3) is 0 Å². The van der Waals surface area contributed by atoms with E-state index in [0.717, 1.165) is 6.07 Å². The number of alkyl halides is 3. The third-order valence-corrected chi connectivity index (χ3v) is 5.00. The van der Waals surface area contributed by atoms with Gasteiger partial charge in [-0.25, -0.2) is 8.42 Å². The Morgan fingerprint density at radius 3 is 2.57 bits per heavy atom. The molecule has 0 atom stereocenters. The number of sulfonamides is 1. The number of thiocarbonyl (C=S) groups is 1. The summed E-state index contributed by atoms with van der Waals surface area (Å²) in [5, 5.41) is 0. The first-order chi connectivity index (χ1) is 9.63. The molecule has 0 aromatic carbocycles. The molecule has 1 saturated carbocycles. The van der Waals surface area contributed by atoms with E-state index in [2.05, 4.69) is 4.98 Å². The maximum Gasteiger partial charge on any atom is 0.402 e. The zero-order valence-corrected chi connectivity index (χ0v) is 12.3. The number of hydrogen-bond acceptors (Lipinski definition) is 4. The van der Waals surface area contributed by atoms with Gasteiger partial charge in [0.1, 0.15) is 22.1 Å². The van der Waals surface area contributed by atoms with E-state index in [0.29, 0.717) is 17.1 Å². The Hall–Kier alpha value is -1.26. The van der Waals surface area contributed by atoms with Gasteiger partial charge in [0.15, 0.2) is 0 Å². The lowest BCUT2D eigenvalue weighted by Crippen LogP contribution is -2.41. The van der Waals surface area contributed by atoms with Crippen LogP contribution in [0.2, 0.25) is 0 Å². The summed E-state index contributed by atoms with van der Waals surface area (Å²) in [5.74, 6) is 0. The molecule has 1 aliphatic carbocycles. The van der Waals surface area contributed by atoms with Gasteiger partial charge in [0.2, 0.25) is 10.0 Å². The molecule has 0 saturated heterocycles. The smallest absolute Gasteiger partial charge is 0.388 e. The van der Waals surface area contributed by atoms with Crippen LogP contribution in [-0.4, -0.2) is 41.5 Å². The van der Waals surface area contributed by atoms with Crippen molar-refractivity contribution in [1.29, 1.82) is 0 Å². The van der Waals surface area contributed by atoms with Crippen LogP contribution < -0.4 is 5.73 Å². The lowest BCUT2D eigenvalue weighted by molar-refractivity contribution is -0.137. The lowest BCUT2D eigenvalue weighted by Gasteiger charge is -2.23. The molecule has 21 heavy (non-hydrogen) atoms. The van der Waals surface area contributed by atoms with Gasteiger partial charge in [-0.05, 0) is 25.0 Å². The Labute approximate surface area is 125 Å². The van der Waals surface area contributed by atoms with Crippen molar-refractivity contribution in [3.05, 3.63) is 24.0 Å². The Morgan fingerprint density at radius 1 is 1.48 bits per heavy atom. The molecular formula is C11H12F3N3O2S2. The van der Waals surface area contributed by atoms with Crippen LogP contribution in [0.1, 0.15) is 18.5 Å². The van der Waals surface area contributed by atoms with Crippen LogP contribution in [0.4, 0.5) is 13.2 Å². The summed E-state index contributed by atoms with van der Waals surface area (Å²) in [6.07, 6.45) is -2.55. The number of nitrogens with zero attached hydrogens (tertiary/aromatic N) is 2. The summed E-state index contributed by atoms with van der Waals surface area (Å²) in [4.78, 5) is 3.07. The Bertz CT molecular complexity index is 657. The van der Waals surface area contributed by atoms with Crippen molar-refractivity contribution in [1.82, 2.24) is 9.29 Å². The monoisotopic (exact) mass is 339 g/mol. The molecule has 0 aliphatic heterocycles. The van der Waals surface area contributed by atoms with Gasteiger partial charge in [-0.15, -0.1) is 0 Å². The van der Waals surface area contributed by atoms with Crippen molar-refractivity contribution in [2.75, 3.05) is 6.54 Å². The minimum atomic E-state index is -4.62. The Balaban J connectivity index is 2.47. The van der Waals surface area contributed by atoms with Crippen LogP contribution >= 0.6 is 12.2 Å². The second kappa shape index (κ2) is 5.50. The van der Waals surface area contributed by atoms with E-state index in [-0.39, 0.29) is 10.7 Å². The summed E-state index contributed by atoms with van der Waals surface area (Å²) in [6, 6.07) is 1.83. The van der Waals surface area contributed by atoms with E-state index in [9.17, 15) is 21.6 Å². The maximum atomic E-state index is 12.6. The average Bonchev–Trinajstić information content (AvgIpc) is 3.19. The molecule has 2 rings (SSSR count). The predicted molar refractivity (Wildman–Crippen MR) is 73.1 cm³/mol. The predicted octanol–water partition coefficient (Wildman–Crippen LogP) is 1.43.